The Morgan fingerprint density at radius 1 is 1.28 bits per heavy atom. The number of allylic oxidation sites excluding steroid dienone is 1. The molecular weight excluding hydrogens is 230 g/mol. The summed E-state index contributed by atoms with van der Waals surface area (Å²) in [5.41, 5.74) is 1.15. The topological polar surface area (TPSA) is 57.6 Å². The molecule has 1 rings (SSSR count). The van der Waals surface area contributed by atoms with Crippen molar-refractivity contribution in [2.75, 3.05) is 11.4 Å². The van der Waals surface area contributed by atoms with Gasteiger partial charge < -0.3 is 5.11 Å². The zero-order valence-electron chi connectivity index (χ0n) is 10.6. The lowest BCUT2D eigenvalue weighted by Gasteiger charge is -2.21. The van der Waals surface area contributed by atoms with Crippen LogP contribution in [0.5, 0.6) is 0 Å². The molecule has 1 amide bonds. The number of aliphatic carboxylic acids is 1. The van der Waals surface area contributed by atoms with Crippen molar-refractivity contribution in [1.29, 1.82) is 0 Å². The highest BCUT2D eigenvalue weighted by Crippen LogP contribution is 2.16. The van der Waals surface area contributed by atoms with E-state index in [2.05, 4.69) is 0 Å². The Balaban J connectivity index is 3.03. The van der Waals surface area contributed by atoms with Crippen molar-refractivity contribution in [3.8, 4) is 0 Å². The van der Waals surface area contributed by atoms with Gasteiger partial charge >= 0.3 is 5.97 Å². The summed E-state index contributed by atoms with van der Waals surface area (Å²) in [5.74, 6) is -1.30. The average Bonchev–Trinajstić information content (AvgIpc) is 2.36. The summed E-state index contributed by atoms with van der Waals surface area (Å²) >= 11 is 0. The van der Waals surface area contributed by atoms with Crippen molar-refractivity contribution in [3.63, 3.8) is 0 Å². The maximum Gasteiger partial charge on any atom is 0.323 e. The molecule has 0 fully saturated rings. The Kier molecular flexibility index (Phi) is 5.11. The third-order valence-corrected chi connectivity index (χ3v) is 2.45. The first-order valence-electron chi connectivity index (χ1n) is 5.81. The molecule has 0 aliphatic rings. The van der Waals surface area contributed by atoms with E-state index in [1.807, 2.05) is 13.0 Å². The SMILES string of the molecule is CC/C=C(\C)C(=O)N(CC(=O)O)c1ccccc1. The fourth-order valence-corrected chi connectivity index (χ4v) is 1.63. The minimum atomic E-state index is -1.03. The molecule has 0 spiro atoms. The Labute approximate surface area is 107 Å². The number of carbonyl (C=O) groups excluding carboxylic acids is 1. The standard InChI is InChI=1S/C14H17NO3/c1-3-7-11(2)14(18)15(10-13(16)17)12-8-5-4-6-9-12/h4-9H,3,10H2,1-2H3,(H,16,17)/b11-7+. The molecule has 1 aromatic carbocycles. The van der Waals surface area contributed by atoms with E-state index in [-0.39, 0.29) is 12.5 Å². The Morgan fingerprint density at radius 2 is 1.89 bits per heavy atom. The first-order valence-corrected chi connectivity index (χ1v) is 5.81. The van der Waals surface area contributed by atoms with E-state index in [1.54, 1.807) is 37.3 Å². The van der Waals surface area contributed by atoms with Gasteiger partial charge in [0.2, 0.25) is 0 Å². The maximum absolute atomic E-state index is 12.2. The lowest BCUT2D eigenvalue weighted by Crippen LogP contribution is -2.36. The summed E-state index contributed by atoms with van der Waals surface area (Å²) in [5, 5.41) is 8.89. The first kappa shape index (κ1) is 14.0. The van der Waals surface area contributed by atoms with E-state index < -0.39 is 5.97 Å². The summed E-state index contributed by atoms with van der Waals surface area (Å²) in [6, 6.07) is 8.81. The van der Waals surface area contributed by atoms with Crippen molar-refractivity contribution in [2.24, 2.45) is 0 Å². The van der Waals surface area contributed by atoms with Gasteiger partial charge in [0.25, 0.3) is 5.91 Å². The van der Waals surface area contributed by atoms with Crippen LogP contribution in [0.4, 0.5) is 5.69 Å². The predicted octanol–water partition coefficient (Wildman–Crippen LogP) is 2.46. The van der Waals surface area contributed by atoms with Gasteiger partial charge in [-0.1, -0.05) is 31.2 Å². The van der Waals surface area contributed by atoms with E-state index in [0.29, 0.717) is 11.3 Å². The average molecular weight is 247 g/mol. The largest absolute Gasteiger partial charge is 0.480 e. The third kappa shape index (κ3) is 3.73. The van der Waals surface area contributed by atoms with Gasteiger partial charge in [-0.15, -0.1) is 0 Å². The number of carboxylic acid groups (broad SMARTS) is 1. The van der Waals surface area contributed by atoms with Crippen molar-refractivity contribution in [1.82, 2.24) is 0 Å². The molecule has 0 radical (unpaired) electrons. The van der Waals surface area contributed by atoms with Crippen LogP contribution >= 0.6 is 0 Å². The van der Waals surface area contributed by atoms with Crippen LogP contribution in [0, 0.1) is 0 Å². The lowest BCUT2D eigenvalue weighted by molar-refractivity contribution is -0.136. The monoisotopic (exact) mass is 247 g/mol. The Hall–Kier alpha value is -2.10. The minimum absolute atomic E-state index is 0.273. The lowest BCUT2D eigenvalue weighted by atomic mass is 10.2. The van der Waals surface area contributed by atoms with Crippen LogP contribution in [0.15, 0.2) is 42.0 Å². The van der Waals surface area contributed by atoms with Crippen LogP contribution < -0.4 is 4.90 Å². The molecule has 4 nitrogen and oxygen atoms in total. The van der Waals surface area contributed by atoms with Gasteiger partial charge in [0.1, 0.15) is 6.54 Å². The number of nitrogens with zero attached hydrogens (tertiary/aromatic N) is 1. The van der Waals surface area contributed by atoms with Crippen LogP contribution in [-0.4, -0.2) is 23.5 Å². The molecule has 0 aliphatic heterocycles. The zero-order valence-corrected chi connectivity index (χ0v) is 10.6. The molecule has 0 aliphatic carbocycles. The number of amides is 1. The second-order valence-corrected chi connectivity index (χ2v) is 3.92. The number of rotatable bonds is 5. The summed E-state index contributed by atoms with van der Waals surface area (Å²) in [6.07, 6.45) is 2.54. The van der Waals surface area contributed by atoms with Crippen molar-refractivity contribution in [3.05, 3.63) is 42.0 Å². The van der Waals surface area contributed by atoms with E-state index in [0.717, 1.165) is 6.42 Å². The van der Waals surface area contributed by atoms with Gasteiger partial charge in [-0.05, 0) is 25.5 Å². The second-order valence-electron chi connectivity index (χ2n) is 3.92. The molecule has 4 heteroatoms. The van der Waals surface area contributed by atoms with Gasteiger partial charge in [0, 0.05) is 11.3 Å². The fraction of sp³-hybridized carbons (Fsp3) is 0.286. The van der Waals surface area contributed by atoms with E-state index in [4.69, 9.17) is 5.11 Å². The molecule has 0 saturated carbocycles. The van der Waals surface area contributed by atoms with Crippen LogP contribution in [0.3, 0.4) is 0 Å². The highest BCUT2D eigenvalue weighted by Gasteiger charge is 2.19. The van der Waals surface area contributed by atoms with Crippen molar-refractivity contribution in [2.45, 2.75) is 20.3 Å². The zero-order chi connectivity index (χ0) is 13.5. The van der Waals surface area contributed by atoms with E-state index >= 15 is 0 Å². The molecule has 0 atom stereocenters. The smallest absolute Gasteiger partial charge is 0.323 e. The Morgan fingerprint density at radius 3 is 2.39 bits per heavy atom. The second kappa shape index (κ2) is 6.59. The molecule has 18 heavy (non-hydrogen) atoms. The van der Waals surface area contributed by atoms with Crippen molar-refractivity contribution < 1.29 is 14.7 Å². The number of hydrogen-bond acceptors (Lipinski definition) is 2. The molecular formula is C14H17NO3. The number of anilines is 1. The van der Waals surface area contributed by atoms with E-state index in [1.165, 1.54) is 4.90 Å². The predicted molar refractivity (Wildman–Crippen MR) is 70.5 cm³/mol. The molecule has 0 bridgehead atoms. The highest BCUT2D eigenvalue weighted by molar-refractivity contribution is 6.07. The molecule has 0 aromatic heterocycles. The molecule has 1 N–H and O–H groups in total. The quantitative estimate of drug-likeness (QED) is 0.813. The summed E-state index contributed by atoms with van der Waals surface area (Å²) in [4.78, 5) is 24.3. The van der Waals surface area contributed by atoms with Gasteiger partial charge in [0.05, 0.1) is 0 Å². The number of carbonyl (C=O) groups is 2. The highest BCUT2D eigenvalue weighted by atomic mass is 16.4. The summed E-state index contributed by atoms with van der Waals surface area (Å²) in [7, 11) is 0. The fourth-order valence-electron chi connectivity index (χ4n) is 1.63. The normalized spacial score (nSPS) is 11.1. The van der Waals surface area contributed by atoms with Gasteiger partial charge in [-0.25, -0.2) is 0 Å². The van der Waals surface area contributed by atoms with Gasteiger partial charge in [0.15, 0.2) is 0 Å². The third-order valence-electron chi connectivity index (χ3n) is 2.45. The number of para-hydroxylation sites is 1. The molecule has 0 unspecified atom stereocenters. The summed E-state index contributed by atoms with van der Waals surface area (Å²) in [6.45, 7) is 3.29. The van der Waals surface area contributed by atoms with Crippen LogP contribution in [0.2, 0.25) is 0 Å². The van der Waals surface area contributed by atoms with E-state index in [9.17, 15) is 9.59 Å². The molecule has 0 saturated heterocycles. The molecule has 0 heterocycles. The Bertz CT molecular complexity index is 451. The first-order chi connectivity index (χ1) is 8.56. The van der Waals surface area contributed by atoms with Crippen LogP contribution in [0.1, 0.15) is 20.3 Å². The van der Waals surface area contributed by atoms with Crippen LogP contribution in [-0.2, 0) is 9.59 Å². The van der Waals surface area contributed by atoms with Crippen LogP contribution in [0.25, 0.3) is 0 Å². The van der Waals surface area contributed by atoms with Crippen molar-refractivity contribution >= 4 is 17.6 Å². The number of benzene rings is 1. The molecule has 1 aromatic rings. The molecule has 96 valence electrons. The summed E-state index contributed by atoms with van der Waals surface area (Å²) < 4.78 is 0. The minimum Gasteiger partial charge on any atom is -0.480 e. The van der Waals surface area contributed by atoms with Gasteiger partial charge in [-0.2, -0.15) is 0 Å². The maximum atomic E-state index is 12.2. The van der Waals surface area contributed by atoms with Gasteiger partial charge in [-0.3, -0.25) is 14.5 Å². The number of carboxylic acids is 1. The number of hydrogen-bond donors (Lipinski definition) is 1.